The van der Waals surface area contributed by atoms with Crippen LogP contribution >= 0.6 is 0 Å². The Morgan fingerprint density at radius 1 is 1.34 bits per heavy atom. The molecule has 0 spiro atoms. The number of nitrogens with two attached hydrogens (primary N) is 1. The van der Waals surface area contributed by atoms with Crippen LogP contribution in [-0.2, 0) is 11.3 Å². The number of ether oxygens (including phenoxy) is 2. The molecule has 3 rings (SSSR count). The summed E-state index contributed by atoms with van der Waals surface area (Å²) in [5.41, 5.74) is 7.91. The average molecular weight is 407 g/mol. The van der Waals surface area contributed by atoms with E-state index in [1.54, 1.807) is 0 Å². The first-order chi connectivity index (χ1) is 13.8. The van der Waals surface area contributed by atoms with Gasteiger partial charge in [-0.3, -0.25) is 0 Å². The van der Waals surface area contributed by atoms with E-state index in [9.17, 15) is 8.78 Å². The Morgan fingerprint density at radius 2 is 2.07 bits per heavy atom. The smallest absolute Gasteiger partial charge is 0.387 e. The van der Waals surface area contributed by atoms with Gasteiger partial charge in [-0.25, -0.2) is 9.97 Å². The van der Waals surface area contributed by atoms with E-state index in [0.717, 1.165) is 50.8 Å². The average Bonchev–Trinajstić information content (AvgIpc) is 3.13. The number of aryl methyl sites for hydroxylation is 1. The highest BCUT2D eigenvalue weighted by molar-refractivity contribution is 5.63. The molecule has 1 saturated heterocycles. The number of nitrogens with zero attached hydrogens (tertiary/aromatic N) is 4. The van der Waals surface area contributed by atoms with Crippen LogP contribution in [0.2, 0.25) is 0 Å². The lowest BCUT2D eigenvalue weighted by Gasteiger charge is -2.30. The number of morpholine rings is 1. The normalized spacial score (nSPS) is 14.6. The minimum atomic E-state index is -2.97. The van der Waals surface area contributed by atoms with Crippen molar-refractivity contribution in [1.82, 2.24) is 19.4 Å². The van der Waals surface area contributed by atoms with Gasteiger partial charge in [0.2, 0.25) is 0 Å². The summed E-state index contributed by atoms with van der Waals surface area (Å²) in [5.74, 6) is 0.861. The summed E-state index contributed by atoms with van der Waals surface area (Å²) in [6.45, 7) is 9.24. The van der Waals surface area contributed by atoms with Crippen molar-refractivity contribution in [3.8, 4) is 17.0 Å². The lowest BCUT2D eigenvalue weighted by molar-refractivity contribution is -0.0494. The zero-order valence-corrected chi connectivity index (χ0v) is 16.8. The molecule has 0 aromatic carbocycles. The van der Waals surface area contributed by atoms with Gasteiger partial charge in [-0.1, -0.05) is 20.4 Å². The van der Waals surface area contributed by atoms with Gasteiger partial charge in [0.1, 0.15) is 5.82 Å². The first-order valence-electron chi connectivity index (χ1n) is 9.63. The van der Waals surface area contributed by atoms with E-state index in [2.05, 4.69) is 39.6 Å². The van der Waals surface area contributed by atoms with Crippen LogP contribution in [-0.4, -0.2) is 52.3 Å². The Hall–Kier alpha value is -2.68. The van der Waals surface area contributed by atoms with E-state index in [1.165, 1.54) is 12.3 Å². The second-order valence-corrected chi connectivity index (χ2v) is 7.23. The van der Waals surface area contributed by atoms with Crippen molar-refractivity contribution in [2.24, 2.45) is 0 Å². The number of hydrogen-bond donors (Lipinski definition) is 1. The van der Waals surface area contributed by atoms with Crippen LogP contribution in [0.3, 0.4) is 0 Å². The van der Waals surface area contributed by atoms with Crippen molar-refractivity contribution >= 4 is 5.82 Å². The molecule has 1 fully saturated rings. The summed E-state index contributed by atoms with van der Waals surface area (Å²) >= 11 is 0. The van der Waals surface area contributed by atoms with Crippen LogP contribution in [0.4, 0.5) is 14.6 Å². The van der Waals surface area contributed by atoms with Gasteiger partial charge >= 0.3 is 6.61 Å². The molecule has 29 heavy (non-hydrogen) atoms. The van der Waals surface area contributed by atoms with Gasteiger partial charge in [0.05, 0.1) is 18.9 Å². The Bertz CT molecular complexity index is 847. The number of alkyl halides is 2. The predicted octanol–water partition coefficient (Wildman–Crippen LogP) is 3.49. The van der Waals surface area contributed by atoms with Gasteiger partial charge < -0.3 is 24.7 Å². The van der Waals surface area contributed by atoms with Crippen molar-refractivity contribution in [3.05, 3.63) is 36.6 Å². The third-order valence-electron chi connectivity index (χ3n) is 4.82. The summed E-state index contributed by atoms with van der Waals surface area (Å²) in [4.78, 5) is 10.9. The second kappa shape index (κ2) is 9.21. The minimum absolute atomic E-state index is 0.0839. The molecule has 2 N–H and O–H groups in total. The maximum atomic E-state index is 12.6. The first kappa shape index (κ1) is 21.0. The number of anilines is 1. The Labute approximate surface area is 169 Å². The molecular formula is C20H27F2N5O2. The van der Waals surface area contributed by atoms with Crippen molar-refractivity contribution in [1.29, 1.82) is 0 Å². The number of allylic oxidation sites excluding steroid dienone is 1. The summed E-state index contributed by atoms with van der Waals surface area (Å²) in [5, 5.41) is 0. The third kappa shape index (κ3) is 5.23. The van der Waals surface area contributed by atoms with Gasteiger partial charge in [-0.2, -0.15) is 8.78 Å². The van der Waals surface area contributed by atoms with Gasteiger partial charge in [-0.15, -0.1) is 0 Å². The fraction of sp³-hybridized carbons (Fsp3) is 0.500. The topological polar surface area (TPSA) is 78.4 Å². The van der Waals surface area contributed by atoms with Crippen LogP contribution in [0.15, 0.2) is 30.7 Å². The molecule has 7 nitrogen and oxygen atoms in total. The molecule has 0 unspecified atom stereocenters. The monoisotopic (exact) mass is 407 g/mol. The van der Waals surface area contributed by atoms with Gasteiger partial charge in [-0.05, 0) is 6.07 Å². The zero-order valence-electron chi connectivity index (χ0n) is 16.8. The lowest BCUT2D eigenvalue weighted by Crippen LogP contribution is -2.35. The maximum Gasteiger partial charge on any atom is 0.387 e. The Morgan fingerprint density at radius 3 is 2.72 bits per heavy atom. The molecule has 2 aromatic heterocycles. The summed E-state index contributed by atoms with van der Waals surface area (Å²) < 4.78 is 37.1. The van der Waals surface area contributed by atoms with E-state index in [1.807, 2.05) is 6.20 Å². The fourth-order valence-corrected chi connectivity index (χ4v) is 3.28. The molecule has 0 amide bonds. The van der Waals surface area contributed by atoms with Crippen LogP contribution in [0.1, 0.15) is 32.0 Å². The van der Waals surface area contributed by atoms with E-state index < -0.39 is 6.61 Å². The molecule has 158 valence electrons. The zero-order chi connectivity index (χ0) is 21.0. The number of rotatable bonds is 8. The van der Waals surface area contributed by atoms with Gasteiger partial charge in [0.25, 0.3) is 0 Å². The predicted molar refractivity (Wildman–Crippen MR) is 107 cm³/mol. The highest BCUT2D eigenvalue weighted by Gasteiger charge is 2.17. The van der Waals surface area contributed by atoms with Gasteiger partial charge in [0.15, 0.2) is 11.6 Å². The molecule has 0 aliphatic carbocycles. The quantitative estimate of drug-likeness (QED) is 0.722. The van der Waals surface area contributed by atoms with Crippen LogP contribution in [0, 0.1) is 0 Å². The largest absolute Gasteiger partial charge is 0.431 e. The molecule has 0 radical (unpaired) electrons. The van der Waals surface area contributed by atoms with E-state index >= 15 is 0 Å². The number of nitrogen functional groups attached to an aromatic ring is 1. The lowest BCUT2D eigenvalue weighted by atomic mass is 10.2. The number of aromatic nitrogens is 3. The highest BCUT2D eigenvalue weighted by Crippen LogP contribution is 2.29. The Balaban J connectivity index is 1.79. The maximum absolute atomic E-state index is 12.6. The molecule has 0 bridgehead atoms. The standard InChI is InChI=1S/C20H27F2N5O2/c1-13(2)19-25-16(15-10-17(29-20(21)22)18(23)24-11-15)12-27(19)5-4-14(3)26-6-8-28-9-7-26/h10-13,20H,3-9H2,1-2H3,(H2,23,24). The Kier molecular flexibility index (Phi) is 6.68. The summed E-state index contributed by atoms with van der Waals surface area (Å²) in [7, 11) is 0. The van der Waals surface area contributed by atoms with Crippen molar-refractivity contribution in [2.75, 3.05) is 32.0 Å². The number of halogens is 2. The number of pyridine rings is 1. The highest BCUT2D eigenvalue weighted by atomic mass is 19.3. The molecule has 1 aliphatic rings. The molecular weight excluding hydrogens is 380 g/mol. The number of hydrogen-bond acceptors (Lipinski definition) is 6. The van der Waals surface area contributed by atoms with Crippen molar-refractivity contribution in [2.45, 2.75) is 39.3 Å². The van der Waals surface area contributed by atoms with Gasteiger partial charge in [0, 0.05) is 55.6 Å². The van der Waals surface area contributed by atoms with Crippen LogP contribution < -0.4 is 10.5 Å². The second-order valence-electron chi connectivity index (χ2n) is 7.23. The van der Waals surface area contributed by atoms with Crippen LogP contribution in [0.25, 0.3) is 11.3 Å². The van der Waals surface area contributed by atoms with Crippen LogP contribution in [0.5, 0.6) is 5.75 Å². The minimum Gasteiger partial charge on any atom is -0.431 e. The van der Waals surface area contributed by atoms with E-state index in [4.69, 9.17) is 15.5 Å². The third-order valence-corrected chi connectivity index (χ3v) is 4.82. The summed E-state index contributed by atoms with van der Waals surface area (Å²) in [6.07, 6.45) is 4.20. The van der Waals surface area contributed by atoms with Crippen molar-refractivity contribution < 1.29 is 18.3 Å². The molecule has 1 aliphatic heterocycles. The van der Waals surface area contributed by atoms with Crippen molar-refractivity contribution in [3.63, 3.8) is 0 Å². The molecule has 3 heterocycles. The molecule has 0 saturated carbocycles. The van der Waals surface area contributed by atoms with E-state index in [-0.39, 0.29) is 17.5 Å². The fourth-order valence-electron chi connectivity index (χ4n) is 3.28. The summed E-state index contributed by atoms with van der Waals surface area (Å²) in [6, 6.07) is 1.44. The SMILES string of the molecule is C=C(CCn1cc(-c2cnc(N)c(OC(F)F)c2)nc1C(C)C)N1CCOCC1. The molecule has 0 atom stereocenters. The van der Waals surface area contributed by atoms with E-state index in [0.29, 0.717) is 11.3 Å². The first-order valence-corrected chi connectivity index (χ1v) is 9.63. The molecule has 2 aromatic rings. The number of imidazole rings is 1. The molecule has 9 heteroatoms.